The van der Waals surface area contributed by atoms with Crippen LogP contribution < -0.4 is 14.9 Å². The van der Waals surface area contributed by atoms with Crippen molar-refractivity contribution < 1.29 is 9.47 Å². The van der Waals surface area contributed by atoms with Crippen LogP contribution >= 0.6 is 0 Å². The Hall–Kier alpha value is -3.87. The number of hydrogen-bond acceptors (Lipinski definition) is 6. The molecule has 0 saturated carbocycles. The van der Waals surface area contributed by atoms with E-state index in [1.807, 2.05) is 48.5 Å². The van der Waals surface area contributed by atoms with Crippen LogP contribution in [0.1, 0.15) is 5.56 Å². The number of H-pyrrole nitrogens is 1. The minimum absolute atomic E-state index is 0.250. The molecule has 0 atom stereocenters. The summed E-state index contributed by atoms with van der Waals surface area (Å²) >= 11 is 0. The Morgan fingerprint density at radius 1 is 1.07 bits per heavy atom. The van der Waals surface area contributed by atoms with Gasteiger partial charge in [-0.3, -0.25) is 15.5 Å². The van der Waals surface area contributed by atoms with E-state index in [2.05, 4.69) is 25.7 Å². The van der Waals surface area contributed by atoms with E-state index in [-0.39, 0.29) is 6.79 Å². The van der Waals surface area contributed by atoms with E-state index in [0.717, 1.165) is 44.9 Å². The molecule has 0 amide bonds. The third kappa shape index (κ3) is 2.85. The van der Waals surface area contributed by atoms with E-state index in [1.165, 1.54) is 0 Å². The number of para-hydroxylation sites is 1. The molecule has 7 heteroatoms. The first kappa shape index (κ1) is 15.4. The average molecular weight is 357 g/mol. The van der Waals surface area contributed by atoms with Crippen molar-refractivity contribution in [2.24, 2.45) is 5.10 Å². The minimum atomic E-state index is 0.250. The highest BCUT2D eigenvalue weighted by molar-refractivity contribution is 5.92. The monoisotopic (exact) mass is 357 g/mol. The lowest BCUT2D eigenvalue weighted by Crippen LogP contribution is -1.93. The number of nitrogens with one attached hydrogen (secondary N) is 2. The molecule has 1 aliphatic rings. The molecule has 27 heavy (non-hydrogen) atoms. The van der Waals surface area contributed by atoms with E-state index in [0.29, 0.717) is 0 Å². The van der Waals surface area contributed by atoms with Crippen LogP contribution in [0.4, 0.5) is 5.69 Å². The number of pyridine rings is 1. The summed E-state index contributed by atoms with van der Waals surface area (Å²) in [6.45, 7) is 0.250. The fourth-order valence-corrected chi connectivity index (χ4v) is 3.04. The molecule has 0 aliphatic carbocycles. The molecule has 0 bridgehead atoms. The number of benzene rings is 2. The van der Waals surface area contributed by atoms with Crippen molar-refractivity contribution in [1.29, 1.82) is 0 Å². The summed E-state index contributed by atoms with van der Waals surface area (Å²) in [5.74, 6) is 1.48. The SMILES string of the molecule is C(=N\Nc1ccnc2ccccc12)/c1cn[nH]c1-c1ccc2c(c1)OCO2. The van der Waals surface area contributed by atoms with Gasteiger partial charge < -0.3 is 9.47 Å². The number of ether oxygens (including phenoxy) is 2. The van der Waals surface area contributed by atoms with Crippen LogP contribution in [0.15, 0.2) is 66.0 Å². The van der Waals surface area contributed by atoms with Crippen molar-refractivity contribution in [3.05, 3.63) is 66.5 Å². The van der Waals surface area contributed by atoms with Crippen LogP contribution in [0.5, 0.6) is 11.5 Å². The predicted octanol–water partition coefficient (Wildman–Crippen LogP) is 3.80. The Labute approximate surface area is 154 Å². The van der Waals surface area contributed by atoms with Gasteiger partial charge in [-0.2, -0.15) is 10.2 Å². The summed E-state index contributed by atoms with van der Waals surface area (Å²) in [6.07, 6.45) is 5.23. The van der Waals surface area contributed by atoms with Gasteiger partial charge in [-0.05, 0) is 30.3 Å². The highest BCUT2D eigenvalue weighted by Crippen LogP contribution is 2.35. The van der Waals surface area contributed by atoms with Crippen molar-refractivity contribution in [1.82, 2.24) is 15.2 Å². The second kappa shape index (κ2) is 6.45. The topological polar surface area (TPSA) is 84.4 Å². The van der Waals surface area contributed by atoms with Gasteiger partial charge in [0, 0.05) is 22.7 Å². The highest BCUT2D eigenvalue weighted by atomic mass is 16.7. The normalized spacial score (nSPS) is 12.7. The molecular formula is C20H15N5O2. The zero-order valence-electron chi connectivity index (χ0n) is 14.2. The van der Waals surface area contributed by atoms with Gasteiger partial charge in [-0.15, -0.1) is 0 Å². The summed E-state index contributed by atoms with van der Waals surface area (Å²) in [5, 5.41) is 12.5. The summed E-state index contributed by atoms with van der Waals surface area (Å²) < 4.78 is 10.8. The van der Waals surface area contributed by atoms with Gasteiger partial charge >= 0.3 is 0 Å². The van der Waals surface area contributed by atoms with Gasteiger partial charge in [-0.1, -0.05) is 18.2 Å². The number of nitrogens with zero attached hydrogens (tertiary/aromatic N) is 3. The minimum Gasteiger partial charge on any atom is -0.454 e. The summed E-state index contributed by atoms with van der Waals surface area (Å²) in [6, 6.07) is 15.6. The Kier molecular flexibility index (Phi) is 3.68. The molecule has 4 aromatic rings. The number of anilines is 1. The first-order valence-corrected chi connectivity index (χ1v) is 8.45. The molecular weight excluding hydrogens is 342 g/mol. The lowest BCUT2D eigenvalue weighted by atomic mass is 10.1. The largest absolute Gasteiger partial charge is 0.454 e. The second-order valence-electron chi connectivity index (χ2n) is 6.01. The maximum atomic E-state index is 5.45. The zero-order valence-corrected chi connectivity index (χ0v) is 14.2. The molecule has 0 fully saturated rings. The molecule has 0 radical (unpaired) electrons. The Morgan fingerprint density at radius 3 is 3.00 bits per heavy atom. The van der Waals surface area contributed by atoms with Crippen molar-refractivity contribution in [2.45, 2.75) is 0 Å². The van der Waals surface area contributed by atoms with Crippen LogP contribution in [-0.4, -0.2) is 28.2 Å². The quantitative estimate of drug-likeness (QED) is 0.429. The summed E-state index contributed by atoms with van der Waals surface area (Å²) in [5.41, 5.74) is 7.57. The molecule has 132 valence electrons. The molecule has 2 aromatic carbocycles. The maximum Gasteiger partial charge on any atom is 0.231 e. The fraction of sp³-hybridized carbons (Fsp3) is 0.0500. The van der Waals surface area contributed by atoms with Gasteiger partial charge in [0.2, 0.25) is 6.79 Å². The lowest BCUT2D eigenvalue weighted by Gasteiger charge is -2.05. The molecule has 2 aromatic heterocycles. The van der Waals surface area contributed by atoms with Gasteiger partial charge in [0.15, 0.2) is 11.5 Å². The Balaban J connectivity index is 1.41. The molecule has 7 nitrogen and oxygen atoms in total. The Morgan fingerprint density at radius 2 is 2.00 bits per heavy atom. The third-order valence-electron chi connectivity index (χ3n) is 4.37. The van der Waals surface area contributed by atoms with E-state index >= 15 is 0 Å². The molecule has 3 heterocycles. The van der Waals surface area contributed by atoms with Gasteiger partial charge in [0.05, 0.1) is 29.3 Å². The van der Waals surface area contributed by atoms with Gasteiger partial charge in [-0.25, -0.2) is 0 Å². The van der Waals surface area contributed by atoms with Crippen LogP contribution in [0.2, 0.25) is 0 Å². The van der Waals surface area contributed by atoms with Crippen molar-refractivity contribution in [3.8, 4) is 22.8 Å². The van der Waals surface area contributed by atoms with Crippen LogP contribution in [-0.2, 0) is 0 Å². The van der Waals surface area contributed by atoms with Crippen LogP contribution in [0, 0.1) is 0 Å². The molecule has 0 spiro atoms. The fourth-order valence-electron chi connectivity index (χ4n) is 3.04. The molecule has 0 unspecified atom stereocenters. The van der Waals surface area contributed by atoms with E-state index < -0.39 is 0 Å². The molecule has 1 aliphatic heterocycles. The average Bonchev–Trinajstić information content (AvgIpc) is 3.37. The smallest absolute Gasteiger partial charge is 0.231 e. The zero-order chi connectivity index (χ0) is 18.1. The van der Waals surface area contributed by atoms with Gasteiger partial charge in [0.1, 0.15) is 0 Å². The third-order valence-corrected chi connectivity index (χ3v) is 4.37. The van der Waals surface area contributed by atoms with E-state index in [9.17, 15) is 0 Å². The summed E-state index contributed by atoms with van der Waals surface area (Å²) in [7, 11) is 0. The second-order valence-corrected chi connectivity index (χ2v) is 6.01. The maximum absolute atomic E-state index is 5.45. The number of hydrogen-bond donors (Lipinski definition) is 2. The van der Waals surface area contributed by atoms with Crippen molar-refractivity contribution in [3.63, 3.8) is 0 Å². The van der Waals surface area contributed by atoms with Crippen molar-refractivity contribution >= 4 is 22.8 Å². The number of aromatic amines is 1. The summed E-state index contributed by atoms with van der Waals surface area (Å²) in [4.78, 5) is 4.35. The van der Waals surface area contributed by atoms with Gasteiger partial charge in [0.25, 0.3) is 0 Å². The molecule has 5 rings (SSSR count). The number of fused-ring (bicyclic) bond motifs is 2. The lowest BCUT2D eigenvalue weighted by molar-refractivity contribution is 0.174. The van der Waals surface area contributed by atoms with Crippen LogP contribution in [0.3, 0.4) is 0 Å². The number of hydrazone groups is 1. The first-order chi connectivity index (χ1) is 13.4. The molecule has 0 saturated heterocycles. The van der Waals surface area contributed by atoms with Crippen molar-refractivity contribution in [2.75, 3.05) is 12.2 Å². The van der Waals surface area contributed by atoms with E-state index in [1.54, 1.807) is 18.6 Å². The Bertz CT molecular complexity index is 1150. The first-order valence-electron chi connectivity index (χ1n) is 8.45. The standard InChI is InChI=1S/C20H15N5O2/c1-2-4-16-15(3-1)17(7-8-21-16)24-22-10-14-11-23-25-20(14)13-5-6-18-19(9-13)27-12-26-18/h1-11H,12H2,(H,21,24)(H,23,25)/b22-10+. The predicted molar refractivity (Wildman–Crippen MR) is 103 cm³/mol. The molecule has 2 N–H and O–H groups in total. The van der Waals surface area contributed by atoms with E-state index in [4.69, 9.17) is 9.47 Å². The number of aromatic nitrogens is 3. The highest BCUT2D eigenvalue weighted by Gasteiger charge is 2.15. The van der Waals surface area contributed by atoms with Crippen LogP contribution in [0.25, 0.3) is 22.2 Å². The number of rotatable bonds is 4.